The molecule has 3 aromatic rings. The van der Waals surface area contributed by atoms with Crippen LogP contribution in [-0.2, 0) is 6.54 Å². The van der Waals surface area contributed by atoms with Crippen molar-refractivity contribution < 1.29 is 9.72 Å². The van der Waals surface area contributed by atoms with E-state index in [1.165, 1.54) is 18.2 Å². The second-order valence-electron chi connectivity index (χ2n) is 5.61. The van der Waals surface area contributed by atoms with Crippen LogP contribution in [0.5, 0.6) is 0 Å². The highest BCUT2D eigenvalue weighted by Crippen LogP contribution is 2.22. The van der Waals surface area contributed by atoms with Crippen molar-refractivity contribution in [1.82, 2.24) is 14.9 Å². The van der Waals surface area contributed by atoms with E-state index in [-0.39, 0.29) is 22.2 Å². The predicted molar refractivity (Wildman–Crippen MR) is 97.6 cm³/mol. The number of non-ortho nitro benzene ring substituents is 1. The van der Waals surface area contributed by atoms with Gasteiger partial charge in [0, 0.05) is 36.8 Å². The van der Waals surface area contributed by atoms with Crippen LogP contribution in [0.15, 0.2) is 54.9 Å². The Morgan fingerprint density at radius 3 is 2.58 bits per heavy atom. The molecular formula is C18H15ClN4O3. The molecule has 7 nitrogen and oxygen atoms in total. The van der Waals surface area contributed by atoms with Gasteiger partial charge in [-0.3, -0.25) is 14.9 Å². The number of carbonyl (C=O) groups is 1. The Morgan fingerprint density at radius 1 is 1.27 bits per heavy atom. The molecule has 0 saturated carbocycles. The van der Waals surface area contributed by atoms with Gasteiger partial charge in [0.1, 0.15) is 5.82 Å². The molecule has 8 heteroatoms. The number of nitrogens with one attached hydrogen (secondary N) is 1. The van der Waals surface area contributed by atoms with Crippen molar-refractivity contribution in [1.29, 1.82) is 0 Å². The second kappa shape index (κ2) is 7.37. The third-order valence-electron chi connectivity index (χ3n) is 3.90. The quantitative estimate of drug-likeness (QED) is 0.548. The molecule has 2 aromatic carbocycles. The van der Waals surface area contributed by atoms with E-state index in [1.54, 1.807) is 6.20 Å². The molecule has 0 atom stereocenters. The zero-order chi connectivity index (χ0) is 18.7. The molecule has 1 aromatic heterocycles. The molecule has 1 N–H and O–H groups in total. The summed E-state index contributed by atoms with van der Waals surface area (Å²) in [4.78, 5) is 26.6. The number of hydrogen-bond donors (Lipinski definition) is 1. The summed E-state index contributed by atoms with van der Waals surface area (Å²) < 4.78 is 1.96. The van der Waals surface area contributed by atoms with Crippen molar-refractivity contribution in [2.45, 2.75) is 13.5 Å². The Bertz CT molecular complexity index is 967. The number of hydrogen-bond acceptors (Lipinski definition) is 4. The fourth-order valence-electron chi connectivity index (χ4n) is 2.50. The van der Waals surface area contributed by atoms with E-state index in [2.05, 4.69) is 10.3 Å². The van der Waals surface area contributed by atoms with Crippen LogP contribution in [-0.4, -0.2) is 20.4 Å². The highest BCUT2D eigenvalue weighted by Gasteiger charge is 2.14. The molecule has 1 amide bonds. The van der Waals surface area contributed by atoms with E-state index in [9.17, 15) is 14.9 Å². The minimum atomic E-state index is -0.558. The first-order valence-corrected chi connectivity index (χ1v) is 8.15. The number of imidazole rings is 1. The van der Waals surface area contributed by atoms with Crippen molar-refractivity contribution >= 4 is 23.2 Å². The maximum absolute atomic E-state index is 12.2. The van der Waals surface area contributed by atoms with Gasteiger partial charge in [0.15, 0.2) is 0 Å². The summed E-state index contributed by atoms with van der Waals surface area (Å²) in [6.45, 7) is 2.23. The van der Waals surface area contributed by atoms with Gasteiger partial charge >= 0.3 is 0 Å². The number of nitrogens with zero attached hydrogens (tertiary/aromatic N) is 3. The smallest absolute Gasteiger partial charge is 0.270 e. The van der Waals surface area contributed by atoms with Gasteiger partial charge in [-0.05, 0) is 30.7 Å². The molecule has 0 saturated heterocycles. The lowest BCUT2D eigenvalue weighted by Gasteiger charge is -2.09. The molecule has 1 heterocycles. The number of nitro groups is 1. The molecular weight excluding hydrogens is 356 g/mol. The summed E-state index contributed by atoms with van der Waals surface area (Å²) >= 11 is 5.97. The number of aryl methyl sites for hydroxylation is 1. The van der Waals surface area contributed by atoms with Gasteiger partial charge in [-0.15, -0.1) is 0 Å². The first-order chi connectivity index (χ1) is 12.5. The van der Waals surface area contributed by atoms with E-state index in [1.807, 2.05) is 42.0 Å². The number of halogens is 1. The van der Waals surface area contributed by atoms with Crippen molar-refractivity contribution in [3.05, 3.63) is 86.9 Å². The monoisotopic (exact) mass is 370 g/mol. The average Bonchev–Trinajstić information content (AvgIpc) is 3.06. The zero-order valence-electron chi connectivity index (χ0n) is 13.8. The van der Waals surface area contributed by atoms with Crippen molar-refractivity contribution in [2.24, 2.45) is 0 Å². The zero-order valence-corrected chi connectivity index (χ0v) is 14.6. The average molecular weight is 371 g/mol. The van der Waals surface area contributed by atoms with Gasteiger partial charge in [0.25, 0.3) is 11.6 Å². The van der Waals surface area contributed by atoms with Crippen LogP contribution >= 0.6 is 11.6 Å². The summed E-state index contributed by atoms with van der Waals surface area (Å²) in [6, 6.07) is 11.5. The minimum Gasteiger partial charge on any atom is -0.348 e. The Kier molecular flexibility index (Phi) is 4.99. The van der Waals surface area contributed by atoms with Gasteiger partial charge in [0.2, 0.25) is 0 Å². The summed E-state index contributed by atoms with van der Waals surface area (Å²) in [5, 5.41) is 13.5. The first kappa shape index (κ1) is 17.6. The van der Waals surface area contributed by atoms with Gasteiger partial charge < -0.3 is 9.88 Å². The molecule has 0 aliphatic carbocycles. The Morgan fingerprint density at radius 2 is 2.00 bits per heavy atom. The van der Waals surface area contributed by atoms with Crippen LogP contribution in [0.1, 0.15) is 21.7 Å². The molecule has 3 rings (SSSR count). The molecule has 26 heavy (non-hydrogen) atoms. The predicted octanol–water partition coefficient (Wildman–Crippen LogP) is 3.67. The minimum absolute atomic E-state index is 0.0441. The largest absolute Gasteiger partial charge is 0.348 e. The van der Waals surface area contributed by atoms with Gasteiger partial charge in [-0.1, -0.05) is 23.7 Å². The first-order valence-electron chi connectivity index (χ1n) is 7.77. The molecule has 0 unspecified atom stereocenters. The Hall–Kier alpha value is -3.19. The molecule has 132 valence electrons. The molecule has 0 aliphatic rings. The van der Waals surface area contributed by atoms with Crippen molar-refractivity contribution in [2.75, 3.05) is 0 Å². The Balaban J connectivity index is 1.66. The summed E-state index contributed by atoms with van der Waals surface area (Å²) in [5.41, 5.74) is 1.94. The lowest BCUT2D eigenvalue weighted by molar-refractivity contribution is -0.384. The number of rotatable bonds is 5. The van der Waals surface area contributed by atoms with Crippen LogP contribution in [0.25, 0.3) is 5.69 Å². The van der Waals surface area contributed by atoms with Gasteiger partial charge in [-0.25, -0.2) is 4.98 Å². The molecule has 0 spiro atoms. The molecule has 0 aliphatic heterocycles. The second-order valence-corrected chi connectivity index (χ2v) is 6.02. The van der Waals surface area contributed by atoms with Gasteiger partial charge in [-0.2, -0.15) is 0 Å². The summed E-state index contributed by atoms with van der Waals surface area (Å²) in [7, 11) is 0. The van der Waals surface area contributed by atoms with Crippen LogP contribution in [0.2, 0.25) is 5.02 Å². The number of aromatic nitrogens is 2. The van der Waals surface area contributed by atoms with E-state index >= 15 is 0 Å². The number of nitro benzene ring substituents is 1. The molecule has 0 bridgehead atoms. The normalized spacial score (nSPS) is 10.5. The lowest BCUT2D eigenvalue weighted by atomic mass is 10.1. The van der Waals surface area contributed by atoms with Crippen molar-refractivity contribution in [3.63, 3.8) is 0 Å². The number of benzene rings is 2. The van der Waals surface area contributed by atoms with E-state index in [4.69, 9.17) is 11.6 Å². The highest BCUT2D eigenvalue weighted by molar-refractivity contribution is 6.34. The van der Waals surface area contributed by atoms with Gasteiger partial charge in [0.05, 0.1) is 15.5 Å². The van der Waals surface area contributed by atoms with E-state index in [0.29, 0.717) is 6.54 Å². The fraction of sp³-hybridized carbons (Fsp3) is 0.111. The molecule has 0 fully saturated rings. The van der Waals surface area contributed by atoms with Crippen molar-refractivity contribution in [3.8, 4) is 5.69 Å². The number of carbonyl (C=O) groups excluding carboxylic acids is 1. The fourth-order valence-corrected chi connectivity index (χ4v) is 2.77. The van der Waals surface area contributed by atoms with E-state index < -0.39 is 4.92 Å². The SMILES string of the molecule is Cc1nccn1-c1ccc(CNC(=O)c2ccc([N+](=O)[O-])cc2Cl)cc1. The third kappa shape index (κ3) is 3.73. The van der Waals surface area contributed by atoms with Crippen LogP contribution in [0.4, 0.5) is 5.69 Å². The van der Waals surface area contributed by atoms with Crippen LogP contribution in [0.3, 0.4) is 0 Å². The maximum Gasteiger partial charge on any atom is 0.270 e. The maximum atomic E-state index is 12.2. The topological polar surface area (TPSA) is 90.1 Å². The summed E-state index contributed by atoms with van der Waals surface area (Å²) in [6.07, 6.45) is 3.61. The lowest BCUT2D eigenvalue weighted by Crippen LogP contribution is -2.23. The standard InChI is InChI=1S/C18H15ClN4O3/c1-12-20-8-9-22(12)14-4-2-13(3-5-14)11-21-18(24)16-7-6-15(23(25)26)10-17(16)19/h2-10H,11H2,1H3,(H,21,24). The summed E-state index contributed by atoms with van der Waals surface area (Å²) in [5.74, 6) is 0.498. The van der Waals surface area contributed by atoms with E-state index in [0.717, 1.165) is 17.1 Å². The number of amides is 1. The Labute approximate surface area is 154 Å². The highest BCUT2D eigenvalue weighted by atomic mass is 35.5. The third-order valence-corrected chi connectivity index (χ3v) is 4.21. The van der Waals surface area contributed by atoms with Crippen LogP contribution in [0, 0.1) is 17.0 Å². The molecule has 0 radical (unpaired) electrons. The van der Waals surface area contributed by atoms with Crippen LogP contribution < -0.4 is 5.32 Å².